The predicted octanol–water partition coefficient (Wildman–Crippen LogP) is 2.67. The Labute approximate surface area is 153 Å². The molecule has 0 unspecified atom stereocenters. The van der Waals surface area contributed by atoms with Gasteiger partial charge in [0.25, 0.3) is 11.8 Å². The van der Waals surface area contributed by atoms with Crippen LogP contribution in [-0.4, -0.2) is 30.9 Å². The van der Waals surface area contributed by atoms with Gasteiger partial charge >= 0.3 is 5.97 Å². The molecule has 130 valence electrons. The summed E-state index contributed by atoms with van der Waals surface area (Å²) in [5, 5.41) is 5.10. The Hall–Kier alpha value is -2.67. The maximum absolute atomic E-state index is 11.8. The Morgan fingerprint density at radius 1 is 1.08 bits per heavy atom. The van der Waals surface area contributed by atoms with Crippen LogP contribution < -0.4 is 10.6 Å². The van der Waals surface area contributed by atoms with Crippen molar-refractivity contribution in [2.24, 2.45) is 0 Å². The molecule has 2 aromatic carbocycles. The number of anilines is 1. The molecule has 0 bridgehead atoms. The van der Waals surface area contributed by atoms with Gasteiger partial charge in [0.2, 0.25) is 0 Å². The molecule has 0 aliphatic carbocycles. The summed E-state index contributed by atoms with van der Waals surface area (Å²) in [6.45, 7) is 1.12. The van der Waals surface area contributed by atoms with E-state index in [1.165, 1.54) is 0 Å². The van der Waals surface area contributed by atoms with E-state index in [1.807, 2.05) is 13.0 Å². The number of ether oxygens (including phenoxy) is 1. The Balaban J connectivity index is 1.74. The second-order valence-electron chi connectivity index (χ2n) is 5.22. The molecule has 2 rings (SSSR count). The monoisotopic (exact) mass is 404 g/mol. The zero-order valence-corrected chi connectivity index (χ0v) is 15.1. The number of rotatable bonds is 6. The molecule has 0 aliphatic rings. The van der Waals surface area contributed by atoms with Crippen molar-refractivity contribution in [1.82, 2.24) is 5.32 Å². The largest absolute Gasteiger partial charge is 0.454 e. The number of aryl methyl sites for hydroxylation is 1. The predicted molar refractivity (Wildman–Crippen MR) is 97.2 cm³/mol. The van der Waals surface area contributed by atoms with Crippen molar-refractivity contribution in [2.75, 3.05) is 18.5 Å². The molecule has 0 radical (unpaired) electrons. The average Bonchev–Trinajstić information content (AvgIpc) is 2.61. The fourth-order valence-corrected chi connectivity index (χ4v) is 2.47. The Bertz CT molecular complexity index is 778. The SMILES string of the molecule is Cc1cc(Br)ccc1NC(=O)COC(=O)CNC(=O)c1ccccc1. The summed E-state index contributed by atoms with van der Waals surface area (Å²) in [5.41, 5.74) is 1.96. The standard InChI is InChI=1S/C18H17BrN2O4/c1-12-9-14(19)7-8-15(12)21-16(22)11-25-17(23)10-20-18(24)13-5-3-2-4-6-13/h2-9H,10-11H2,1H3,(H,20,24)(H,21,22). The van der Waals surface area contributed by atoms with Crippen LogP contribution in [-0.2, 0) is 14.3 Å². The second-order valence-corrected chi connectivity index (χ2v) is 6.13. The molecule has 2 amide bonds. The summed E-state index contributed by atoms with van der Waals surface area (Å²) in [7, 11) is 0. The van der Waals surface area contributed by atoms with E-state index >= 15 is 0 Å². The molecule has 0 fully saturated rings. The lowest BCUT2D eigenvalue weighted by Crippen LogP contribution is -2.32. The molecule has 0 spiro atoms. The molecule has 0 heterocycles. The van der Waals surface area contributed by atoms with Crippen LogP contribution in [0, 0.1) is 6.92 Å². The van der Waals surface area contributed by atoms with Crippen LogP contribution >= 0.6 is 15.9 Å². The van der Waals surface area contributed by atoms with Crippen molar-refractivity contribution < 1.29 is 19.1 Å². The minimum Gasteiger partial charge on any atom is -0.454 e. The Morgan fingerprint density at radius 3 is 2.48 bits per heavy atom. The number of nitrogens with one attached hydrogen (secondary N) is 2. The van der Waals surface area contributed by atoms with Gasteiger partial charge in [0, 0.05) is 15.7 Å². The van der Waals surface area contributed by atoms with Gasteiger partial charge in [-0.1, -0.05) is 34.1 Å². The smallest absolute Gasteiger partial charge is 0.325 e. The van der Waals surface area contributed by atoms with Crippen molar-refractivity contribution in [1.29, 1.82) is 0 Å². The molecule has 0 aliphatic heterocycles. The van der Waals surface area contributed by atoms with E-state index in [0.717, 1.165) is 10.0 Å². The van der Waals surface area contributed by atoms with Crippen LogP contribution in [0.4, 0.5) is 5.69 Å². The van der Waals surface area contributed by atoms with E-state index < -0.39 is 18.5 Å². The second kappa shape index (κ2) is 8.98. The summed E-state index contributed by atoms with van der Waals surface area (Å²) in [6, 6.07) is 13.9. The van der Waals surface area contributed by atoms with Gasteiger partial charge in [-0.15, -0.1) is 0 Å². The normalized spacial score (nSPS) is 10.0. The van der Waals surface area contributed by atoms with Crippen molar-refractivity contribution in [3.8, 4) is 0 Å². The maximum Gasteiger partial charge on any atom is 0.325 e. The molecule has 25 heavy (non-hydrogen) atoms. The average molecular weight is 405 g/mol. The highest BCUT2D eigenvalue weighted by molar-refractivity contribution is 9.10. The molecule has 0 atom stereocenters. The van der Waals surface area contributed by atoms with Crippen LogP contribution in [0.5, 0.6) is 0 Å². The van der Waals surface area contributed by atoms with E-state index in [1.54, 1.807) is 42.5 Å². The third-order valence-electron chi connectivity index (χ3n) is 3.26. The number of carbonyl (C=O) groups excluding carboxylic acids is 3. The molecule has 2 aromatic rings. The highest BCUT2D eigenvalue weighted by atomic mass is 79.9. The molecule has 0 saturated heterocycles. The van der Waals surface area contributed by atoms with E-state index in [-0.39, 0.29) is 12.5 Å². The Kier molecular flexibility index (Phi) is 6.71. The molecular formula is C18H17BrN2O4. The Morgan fingerprint density at radius 2 is 1.80 bits per heavy atom. The minimum atomic E-state index is -0.688. The van der Waals surface area contributed by atoms with E-state index in [0.29, 0.717) is 11.3 Å². The summed E-state index contributed by atoms with van der Waals surface area (Å²) in [6.07, 6.45) is 0. The van der Waals surface area contributed by atoms with Crippen molar-refractivity contribution in [3.05, 3.63) is 64.1 Å². The third-order valence-corrected chi connectivity index (χ3v) is 3.75. The van der Waals surface area contributed by atoms with E-state index in [4.69, 9.17) is 4.74 Å². The zero-order valence-electron chi connectivity index (χ0n) is 13.5. The third kappa shape index (κ3) is 6.04. The molecule has 7 heteroatoms. The van der Waals surface area contributed by atoms with Crippen LogP contribution in [0.1, 0.15) is 15.9 Å². The van der Waals surface area contributed by atoms with Crippen molar-refractivity contribution in [3.63, 3.8) is 0 Å². The summed E-state index contributed by atoms with van der Waals surface area (Å²) < 4.78 is 5.76. The number of hydrogen-bond acceptors (Lipinski definition) is 4. The molecular weight excluding hydrogens is 388 g/mol. The molecule has 2 N–H and O–H groups in total. The lowest BCUT2D eigenvalue weighted by molar-refractivity contribution is -0.146. The zero-order chi connectivity index (χ0) is 18.2. The van der Waals surface area contributed by atoms with Crippen LogP contribution in [0.3, 0.4) is 0 Å². The highest BCUT2D eigenvalue weighted by Gasteiger charge is 2.11. The van der Waals surface area contributed by atoms with Gasteiger partial charge in [0.05, 0.1) is 0 Å². The van der Waals surface area contributed by atoms with Gasteiger partial charge in [0.15, 0.2) is 6.61 Å². The topological polar surface area (TPSA) is 84.5 Å². The number of hydrogen-bond donors (Lipinski definition) is 2. The maximum atomic E-state index is 11.8. The van der Waals surface area contributed by atoms with Crippen LogP contribution in [0.15, 0.2) is 53.0 Å². The van der Waals surface area contributed by atoms with Gasteiger partial charge < -0.3 is 15.4 Å². The quantitative estimate of drug-likeness (QED) is 0.724. The van der Waals surface area contributed by atoms with E-state index in [2.05, 4.69) is 26.6 Å². The first kappa shape index (κ1) is 18.7. The minimum absolute atomic E-state index is 0.307. The fraction of sp³-hybridized carbons (Fsp3) is 0.167. The van der Waals surface area contributed by atoms with E-state index in [9.17, 15) is 14.4 Å². The van der Waals surface area contributed by atoms with Gasteiger partial charge in [-0.2, -0.15) is 0 Å². The molecule has 6 nitrogen and oxygen atoms in total. The number of amides is 2. The van der Waals surface area contributed by atoms with Gasteiger partial charge in [0.1, 0.15) is 6.54 Å². The van der Waals surface area contributed by atoms with Crippen LogP contribution in [0.25, 0.3) is 0 Å². The number of esters is 1. The van der Waals surface area contributed by atoms with Gasteiger partial charge in [-0.25, -0.2) is 0 Å². The molecule has 0 aromatic heterocycles. The first-order valence-electron chi connectivity index (χ1n) is 7.50. The van der Waals surface area contributed by atoms with Crippen molar-refractivity contribution in [2.45, 2.75) is 6.92 Å². The first-order valence-corrected chi connectivity index (χ1v) is 8.30. The number of benzene rings is 2. The van der Waals surface area contributed by atoms with Gasteiger partial charge in [-0.3, -0.25) is 14.4 Å². The number of halogens is 1. The van der Waals surface area contributed by atoms with Crippen molar-refractivity contribution >= 4 is 39.4 Å². The number of carbonyl (C=O) groups is 3. The lowest BCUT2D eigenvalue weighted by Gasteiger charge is -2.09. The van der Waals surface area contributed by atoms with Crippen LogP contribution in [0.2, 0.25) is 0 Å². The highest BCUT2D eigenvalue weighted by Crippen LogP contribution is 2.19. The summed E-state index contributed by atoms with van der Waals surface area (Å²) >= 11 is 3.34. The fourth-order valence-electron chi connectivity index (χ4n) is 1.99. The first-order chi connectivity index (χ1) is 12.0. The summed E-state index contributed by atoms with van der Waals surface area (Å²) in [5.74, 6) is -1.52. The molecule has 0 saturated carbocycles. The van der Waals surface area contributed by atoms with Gasteiger partial charge in [-0.05, 0) is 42.8 Å². The lowest BCUT2D eigenvalue weighted by atomic mass is 10.2. The summed E-state index contributed by atoms with van der Waals surface area (Å²) in [4.78, 5) is 35.2.